The smallest absolute Gasteiger partial charge is 0.142 e. The molecule has 1 aliphatic rings. The number of hydrogen-bond acceptors (Lipinski definition) is 5. The largest absolute Gasteiger partial charge is 0.312 e. The summed E-state index contributed by atoms with van der Waals surface area (Å²) in [4.78, 5) is 12.6. The Morgan fingerprint density at radius 2 is 2.37 bits per heavy atom. The molecule has 5 heteroatoms. The molecule has 1 saturated heterocycles. The molecule has 3 rings (SSSR count). The maximum atomic E-state index is 4.48. The fourth-order valence-electron chi connectivity index (χ4n) is 2.36. The molecule has 2 aromatic rings. The van der Waals surface area contributed by atoms with Crippen LogP contribution in [0.15, 0.2) is 30.6 Å². The summed E-state index contributed by atoms with van der Waals surface area (Å²) in [7, 11) is 0. The van der Waals surface area contributed by atoms with E-state index in [1.807, 2.05) is 30.6 Å². The number of hydrogen-bond donors (Lipinski definition) is 1. The Morgan fingerprint density at radius 3 is 3.16 bits per heavy atom. The van der Waals surface area contributed by atoms with Gasteiger partial charge in [-0.05, 0) is 19.1 Å². The van der Waals surface area contributed by atoms with Crippen LogP contribution in [0, 0.1) is 0 Å². The number of nitrogens with one attached hydrogen (secondary N) is 1. The number of aromatic nitrogens is 2. The molecule has 0 saturated carbocycles. The molecule has 0 spiro atoms. The van der Waals surface area contributed by atoms with E-state index in [-0.39, 0.29) is 0 Å². The fourth-order valence-corrected chi connectivity index (χ4v) is 3.30. The zero-order valence-corrected chi connectivity index (χ0v) is 11.9. The molecule has 2 aromatic heterocycles. The number of nitrogens with zero attached hydrogens (tertiary/aromatic N) is 3. The quantitative estimate of drug-likeness (QED) is 0.929. The maximum absolute atomic E-state index is 4.48. The van der Waals surface area contributed by atoms with Gasteiger partial charge >= 0.3 is 0 Å². The van der Waals surface area contributed by atoms with Crippen LogP contribution in [0.5, 0.6) is 0 Å². The minimum absolute atomic E-state index is 0.580. The first-order valence-corrected chi connectivity index (χ1v) is 7.45. The Hall–Kier alpha value is -1.30. The van der Waals surface area contributed by atoms with Gasteiger partial charge in [0.25, 0.3) is 0 Å². The Morgan fingerprint density at radius 1 is 1.42 bits per heavy atom. The summed E-state index contributed by atoms with van der Waals surface area (Å²) in [6.07, 6.45) is 3.80. The lowest BCUT2D eigenvalue weighted by molar-refractivity contribution is 0.201. The van der Waals surface area contributed by atoms with Gasteiger partial charge < -0.3 is 5.32 Å². The predicted octanol–water partition coefficient (Wildman–Crippen LogP) is 2.00. The molecule has 3 heterocycles. The second-order valence-electron chi connectivity index (χ2n) is 4.94. The zero-order valence-electron chi connectivity index (χ0n) is 11.0. The minimum atomic E-state index is 0.580. The van der Waals surface area contributed by atoms with Crippen LogP contribution in [0.25, 0.3) is 10.7 Å². The van der Waals surface area contributed by atoms with E-state index in [9.17, 15) is 0 Å². The van der Waals surface area contributed by atoms with Crippen molar-refractivity contribution in [1.29, 1.82) is 0 Å². The highest BCUT2D eigenvalue weighted by Crippen LogP contribution is 2.24. The van der Waals surface area contributed by atoms with Crippen LogP contribution in [-0.2, 0) is 6.54 Å². The third-order valence-corrected chi connectivity index (χ3v) is 4.27. The number of thiazole rings is 1. The molecule has 0 aromatic carbocycles. The third-order valence-electron chi connectivity index (χ3n) is 3.27. The summed E-state index contributed by atoms with van der Waals surface area (Å²) >= 11 is 1.75. The van der Waals surface area contributed by atoms with Crippen molar-refractivity contribution in [3.8, 4) is 10.7 Å². The van der Waals surface area contributed by atoms with Crippen molar-refractivity contribution in [2.75, 3.05) is 19.6 Å². The highest BCUT2D eigenvalue weighted by atomic mass is 32.1. The van der Waals surface area contributed by atoms with Gasteiger partial charge in [0.15, 0.2) is 0 Å². The molecule has 4 nitrogen and oxygen atoms in total. The van der Waals surface area contributed by atoms with Crippen LogP contribution >= 0.6 is 11.3 Å². The van der Waals surface area contributed by atoms with Crippen molar-refractivity contribution < 1.29 is 0 Å². The average molecular weight is 274 g/mol. The molecular weight excluding hydrogens is 256 g/mol. The summed E-state index contributed by atoms with van der Waals surface area (Å²) in [5.74, 6) is 0. The lowest BCUT2D eigenvalue weighted by Crippen LogP contribution is -2.48. The standard InChI is InChI=1S/C14H18N4S/c1-11-9-18(7-6-15-11)10-12-8-17-14(19-12)13-4-2-3-5-16-13/h2-5,8,11,15H,6-7,9-10H2,1H3/t11-/m0/s1. The van der Waals surface area contributed by atoms with E-state index in [0.717, 1.165) is 36.9 Å². The highest BCUT2D eigenvalue weighted by Gasteiger charge is 2.16. The third kappa shape index (κ3) is 3.18. The van der Waals surface area contributed by atoms with Gasteiger partial charge in [-0.3, -0.25) is 9.88 Å². The van der Waals surface area contributed by atoms with Gasteiger partial charge in [0.1, 0.15) is 5.01 Å². The summed E-state index contributed by atoms with van der Waals surface area (Å²) in [5.41, 5.74) is 0.965. The van der Waals surface area contributed by atoms with Crippen LogP contribution in [-0.4, -0.2) is 40.5 Å². The number of rotatable bonds is 3. The van der Waals surface area contributed by atoms with Gasteiger partial charge in [0.2, 0.25) is 0 Å². The zero-order chi connectivity index (χ0) is 13.1. The van der Waals surface area contributed by atoms with Gasteiger partial charge in [-0.25, -0.2) is 4.98 Å². The van der Waals surface area contributed by atoms with Gasteiger partial charge in [-0.15, -0.1) is 11.3 Å². The second-order valence-corrected chi connectivity index (χ2v) is 6.05. The topological polar surface area (TPSA) is 41.1 Å². The van der Waals surface area contributed by atoms with Gasteiger partial charge in [-0.1, -0.05) is 6.07 Å². The van der Waals surface area contributed by atoms with Crippen LogP contribution in [0.1, 0.15) is 11.8 Å². The molecule has 1 aliphatic heterocycles. The molecule has 0 amide bonds. The molecule has 1 N–H and O–H groups in total. The Balaban J connectivity index is 1.68. The van der Waals surface area contributed by atoms with Crippen molar-refractivity contribution in [3.05, 3.63) is 35.5 Å². The second kappa shape index (κ2) is 5.77. The Bertz CT molecular complexity index is 525. The van der Waals surface area contributed by atoms with Crippen molar-refractivity contribution in [2.24, 2.45) is 0 Å². The van der Waals surface area contributed by atoms with Crippen LogP contribution in [0.3, 0.4) is 0 Å². The summed E-state index contributed by atoms with van der Waals surface area (Å²) in [5, 5.41) is 4.48. The Kier molecular flexibility index (Phi) is 3.87. The molecule has 0 bridgehead atoms. The highest BCUT2D eigenvalue weighted by molar-refractivity contribution is 7.14. The monoisotopic (exact) mass is 274 g/mol. The fraction of sp³-hybridized carbons (Fsp3) is 0.429. The summed E-state index contributed by atoms with van der Waals surface area (Å²) < 4.78 is 0. The first kappa shape index (κ1) is 12.7. The van der Waals surface area contributed by atoms with Crippen LogP contribution in [0.4, 0.5) is 0 Å². The van der Waals surface area contributed by atoms with Gasteiger partial charge in [0.05, 0.1) is 5.69 Å². The van der Waals surface area contributed by atoms with Gasteiger partial charge in [0, 0.05) is 49.5 Å². The van der Waals surface area contributed by atoms with E-state index in [4.69, 9.17) is 0 Å². The predicted molar refractivity (Wildman–Crippen MR) is 78.1 cm³/mol. The normalized spacial score (nSPS) is 20.6. The number of pyridine rings is 1. The molecular formula is C14H18N4S. The van der Waals surface area contributed by atoms with E-state index < -0.39 is 0 Å². The van der Waals surface area contributed by atoms with E-state index >= 15 is 0 Å². The maximum Gasteiger partial charge on any atom is 0.142 e. The van der Waals surface area contributed by atoms with Crippen molar-refractivity contribution in [3.63, 3.8) is 0 Å². The molecule has 0 aliphatic carbocycles. The van der Waals surface area contributed by atoms with Crippen molar-refractivity contribution in [2.45, 2.75) is 19.5 Å². The lowest BCUT2D eigenvalue weighted by atomic mass is 10.2. The number of piperazine rings is 1. The van der Waals surface area contributed by atoms with E-state index in [2.05, 4.69) is 27.1 Å². The molecule has 1 atom stereocenters. The van der Waals surface area contributed by atoms with Crippen molar-refractivity contribution >= 4 is 11.3 Å². The summed E-state index contributed by atoms with van der Waals surface area (Å²) in [6, 6.07) is 6.52. The average Bonchev–Trinajstić information content (AvgIpc) is 2.88. The Labute approximate surface area is 117 Å². The molecule has 100 valence electrons. The molecule has 19 heavy (non-hydrogen) atoms. The van der Waals surface area contributed by atoms with Gasteiger partial charge in [-0.2, -0.15) is 0 Å². The summed E-state index contributed by atoms with van der Waals surface area (Å²) in [6.45, 7) is 6.53. The molecule has 0 radical (unpaired) electrons. The molecule has 1 fully saturated rings. The van der Waals surface area contributed by atoms with E-state index in [1.165, 1.54) is 4.88 Å². The minimum Gasteiger partial charge on any atom is -0.312 e. The molecule has 0 unspecified atom stereocenters. The van der Waals surface area contributed by atoms with Crippen LogP contribution < -0.4 is 5.32 Å². The van der Waals surface area contributed by atoms with Crippen molar-refractivity contribution in [1.82, 2.24) is 20.2 Å². The SMILES string of the molecule is C[C@H]1CN(Cc2cnc(-c3ccccn3)s2)CCN1. The van der Waals surface area contributed by atoms with E-state index in [1.54, 1.807) is 11.3 Å². The first-order chi connectivity index (χ1) is 9.31. The van der Waals surface area contributed by atoms with Crippen LogP contribution in [0.2, 0.25) is 0 Å². The van der Waals surface area contributed by atoms with E-state index in [0.29, 0.717) is 6.04 Å². The lowest BCUT2D eigenvalue weighted by Gasteiger charge is -2.31. The first-order valence-electron chi connectivity index (χ1n) is 6.63.